The molecule has 1 saturated heterocycles. The molecule has 5 nitrogen and oxygen atoms in total. The molecule has 0 spiro atoms. The van der Waals surface area contributed by atoms with Gasteiger partial charge in [0.2, 0.25) is 5.91 Å². The molecule has 142 valence electrons. The first-order valence-corrected chi connectivity index (χ1v) is 8.52. The van der Waals surface area contributed by atoms with Gasteiger partial charge in [0.25, 0.3) is 0 Å². The van der Waals surface area contributed by atoms with Gasteiger partial charge in [0, 0.05) is 45.3 Å². The minimum atomic E-state index is 0. The number of nitrogens with one attached hydrogen (secondary N) is 2. The number of rotatable bonds is 6. The number of carbonyl (C=O) groups is 1. The second-order valence-electron chi connectivity index (χ2n) is 5.93. The van der Waals surface area contributed by atoms with E-state index < -0.39 is 0 Å². The second-order valence-corrected chi connectivity index (χ2v) is 5.93. The molecule has 1 amide bonds. The number of nitrogens with zero attached hydrogens (tertiary/aromatic N) is 2. The molecular weight excluding hydrogens is 371 g/mol. The van der Waals surface area contributed by atoms with Gasteiger partial charge in [0.1, 0.15) is 0 Å². The molecule has 0 saturated carbocycles. The highest BCUT2D eigenvalue weighted by Gasteiger charge is 2.18. The van der Waals surface area contributed by atoms with E-state index in [9.17, 15) is 4.79 Å². The molecule has 1 aliphatic heterocycles. The maximum atomic E-state index is 12.3. The third-order valence-electron chi connectivity index (χ3n) is 4.27. The summed E-state index contributed by atoms with van der Waals surface area (Å²) in [4.78, 5) is 18.7. The standard InChI is InChI=1S/C19H24N4O.2ClH/c24-18(23-14-12-20-13-15-23)9-11-22-19(16-6-2-1-3-7-16)17-8-4-5-10-21-17;;/h1-8,10,19-20,22H,9,11-15H2;2*1H. The van der Waals surface area contributed by atoms with Gasteiger partial charge in [-0.05, 0) is 17.7 Å². The van der Waals surface area contributed by atoms with Crippen molar-refractivity contribution >= 4 is 30.7 Å². The number of hydrogen-bond donors (Lipinski definition) is 2. The summed E-state index contributed by atoms with van der Waals surface area (Å²) >= 11 is 0. The summed E-state index contributed by atoms with van der Waals surface area (Å²) in [6, 6.07) is 16.2. The van der Waals surface area contributed by atoms with Crippen LogP contribution < -0.4 is 10.6 Å². The van der Waals surface area contributed by atoms with E-state index in [2.05, 4.69) is 27.8 Å². The number of carbonyl (C=O) groups excluding carboxylic acids is 1. The van der Waals surface area contributed by atoms with Crippen molar-refractivity contribution in [2.24, 2.45) is 0 Å². The first-order chi connectivity index (χ1) is 11.8. The van der Waals surface area contributed by atoms with Crippen LogP contribution in [0, 0.1) is 0 Å². The van der Waals surface area contributed by atoms with E-state index in [1.54, 1.807) is 6.20 Å². The van der Waals surface area contributed by atoms with Gasteiger partial charge < -0.3 is 15.5 Å². The van der Waals surface area contributed by atoms with Crippen molar-refractivity contribution in [3.63, 3.8) is 0 Å². The summed E-state index contributed by atoms with van der Waals surface area (Å²) in [5.41, 5.74) is 2.13. The molecule has 0 radical (unpaired) electrons. The van der Waals surface area contributed by atoms with Crippen LogP contribution in [0.15, 0.2) is 54.7 Å². The fraction of sp³-hybridized carbons (Fsp3) is 0.368. The van der Waals surface area contributed by atoms with Gasteiger partial charge >= 0.3 is 0 Å². The van der Waals surface area contributed by atoms with Crippen LogP contribution in [0.1, 0.15) is 23.7 Å². The molecule has 1 atom stereocenters. The fourth-order valence-corrected chi connectivity index (χ4v) is 2.98. The smallest absolute Gasteiger partial charge is 0.223 e. The van der Waals surface area contributed by atoms with Crippen LogP contribution in [0.3, 0.4) is 0 Å². The average molecular weight is 397 g/mol. The van der Waals surface area contributed by atoms with Crippen molar-refractivity contribution in [1.29, 1.82) is 0 Å². The summed E-state index contributed by atoms with van der Waals surface area (Å²) in [6.07, 6.45) is 2.31. The lowest BCUT2D eigenvalue weighted by Crippen LogP contribution is -2.47. The molecule has 1 aromatic heterocycles. The lowest BCUT2D eigenvalue weighted by atomic mass is 10.0. The Bertz CT molecular complexity index is 597. The second kappa shape index (κ2) is 11.9. The van der Waals surface area contributed by atoms with Gasteiger partial charge in [-0.3, -0.25) is 9.78 Å². The maximum Gasteiger partial charge on any atom is 0.223 e. The van der Waals surface area contributed by atoms with Crippen molar-refractivity contribution in [3.8, 4) is 0 Å². The number of halogens is 2. The number of aromatic nitrogens is 1. The summed E-state index contributed by atoms with van der Waals surface area (Å²) < 4.78 is 0. The molecule has 3 rings (SSSR count). The first-order valence-electron chi connectivity index (χ1n) is 8.52. The summed E-state index contributed by atoms with van der Waals surface area (Å²) in [6.45, 7) is 4.03. The zero-order valence-electron chi connectivity index (χ0n) is 14.6. The maximum absolute atomic E-state index is 12.3. The van der Waals surface area contributed by atoms with E-state index in [0.717, 1.165) is 37.4 Å². The Balaban J connectivity index is 0.00000169. The topological polar surface area (TPSA) is 57.3 Å². The van der Waals surface area contributed by atoms with E-state index in [1.807, 2.05) is 41.3 Å². The third kappa shape index (κ3) is 6.25. The van der Waals surface area contributed by atoms with Crippen LogP contribution in [0.5, 0.6) is 0 Å². The Morgan fingerprint density at radius 3 is 2.42 bits per heavy atom. The fourth-order valence-electron chi connectivity index (χ4n) is 2.98. The van der Waals surface area contributed by atoms with Crippen LogP contribution in [0.4, 0.5) is 0 Å². The van der Waals surface area contributed by atoms with Crippen molar-refractivity contribution in [3.05, 3.63) is 66.0 Å². The summed E-state index contributed by atoms with van der Waals surface area (Å²) in [5, 5.41) is 6.77. The van der Waals surface area contributed by atoms with Crippen molar-refractivity contribution in [2.75, 3.05) is 32.7 Å². The van der Waals surface area contributed by atoms with Crippen LogP contribution >= 0.6 is 24.8 Å². The largest absolute Gasteiger partial charge is 0.340 e. The molecule has 1 aromatic carbocycles. The highest BCUT2D eigenvalue weighted by atomic mass is 35.5. The molecule has 2 heterocycles. The zero-order chi connectivity index (χ0) is 16.6. The predicted octanol–water partition coefficient (Wildman–Crippen LogP) is 2.43. The Morgan fingerprint density at radius 2 is 1.77 bits per heavy atom. The Labute approximate surface area is 167 Å². The lowest BCUT2D eigenvalue weighted by molar-refractivity contribution is -0.131. The Morgan fingerprint density at radius 1 is 1.08 bits per heavy atom. The van der Waals surface area contributed by atoms with Crippen molar-refractivity contribution in [1.82, 2.24) is 20.5 Å². The minimum absolute atomic E-state index is 0. The zero-order valence-corrected chi connectivity index (χ0v) is 16.3. The average Bonchev–Trinajstić information content (AvgIpc) is 2.67. The van der Waals surface area contributed by atoms with E-state index in [0.29, 0.717) is 13.0 Å². The minimum Gasteiger partial charge on any atom is -0.340 e. The quantitative estimate of drug-likeness (QED) is 0.786. The molecule has 1 fully saturated rings. The first kappa shape index (κ1) is 22.4. The van der Waals surface area contributed by atoms with E-state index in [4.69, 9.17) is 0 Å². The van der Waals surface area contributed by atoms with Gasteiger partial charge in [-0.2, -0.15) is 0 Å². The summed E-state index contributed by atoms with van der Waals surface area (Å²) in [5.74, 6) is 0.219. The van der Waals surface area contributed by atoms with Crippen LogP contribution in [-0.2, 0) is 4.79 Å². The third-order valence-corrected chi connectivity index (χ3v) is 4.27. The molecule has 0 bridgehead atoms. The van der Waals surface area contributed by atoms with Crippen LogP contribution in [0.25, 0.3) is 0 Å². The van der Waals surface area contributed by atoms with Gasteiger partial charge in [-0.1, -0.05) is 36.4 Å². The van der Waals surface area contributed by atoms with E-state index in [1.165, 1.54) is 0 Å². The Hall–Kier alpha value is -1.66. The highest BCUT2D eigenvalue weighted by Crippen LogP contribution is 2.19. The lowest BCUT2D eigenvalue weighted by Gasteiger charge is -2.28. The van der Waals surface area contributed by atoms with Crippen LogP contribution in [-0.4, -0.2) is 48.5 Å². The van der Waals surface area contributed by atoms with Gasteiger partial charge in [-0.25, -0.2) is 0 Å². The van der Waals surface area contributed by atoms with E-state index in [-0.39, 0.29) is 36.8 Å². The van der Waals surface area contributed by atoms with Crippen LogP contribution in [0.2, 0.25) is 0 Å². The molecule has 0 aliphatic carbocycles. The number of hydrogen-bond acceptors (Lipinski definition) is 4. The SMILES string of the molecule is Cl.Cl.O=C(CCNC(c1ccccc1)c1ccccn1)N1CCNCC1. The molecule has 1 aliphatic rings. The van der Waals surface area contributed by atoms with Crippen molar-refractivity contribution < 1.29 is 4.79 Å². The summed E-state index contributed by atoms with van der Waals surface area (Å²) in [7, 11) is 0. The number of benzene rings is 1. The molecule has 2 aromatic rings. The van der Waals surface area contributed by atoms with Gasteiger partial charge in [-0.15, -0.1) is 24.8 Å². The molecular formula is C19H26Cl2N4O. The molecule has 2 N–H and O–H groups in total. The highest BCUT2D eigenvalue weighted by molar-refractivity contribution is 5.85. The number of piperazine rings is 1. The molecule has 1 unspecified atom stereocenters. The predicted molar refractivity (Wildman–Crippen MR) is 109 cm³/mol. The Kier molecular flexibility index (Phi) is 10.2. The van der Waals surface area contributed by atoms with Gasteiger partial charge in [0.15, 0.2) is 0 Å². The van der Waals surface area contributed by atoms with E-state index >= 15 is 0 Å². The number of pyridine rings is 1. The normalized spacial score (nSPS) is 14.7. The van der Waals surface area contributed by atoms with Gasteiger partial charge in [0.05, 0.1) is 11.7 Å². The van der Waals surface area contributed by atoms with Crippen molar-refractivity contribution in [2.45, 2.75) is 12.5 Å². The molecule has 26 heavy (non-hydrogen) atoms. The number of amides is 1. The monoisotopic (exact) mass is 396 g/mol. The molecule has 7 heteroatoms.